The van der Waals surface area contributed by atoms with Crippen molar-refractivity contribution in [1.82, 2.24) is 30.0 Å². The number of nitrogens with one attached hydrogen (secondary N) is 3. The summed E-state index contributed by atoms with van der Waals surface area (Å²) in [4.78, 5) is 41.0. The third-order valence-corrected chi connectivity index (χ3v) is 6.66. The molecule has 0 saturated carbocycles. The number of carbonyl (C=O) groups excluding carboxylic acids is 1. The van der Waals surface area contributed by atoms with E-state index in [4.69, 9.17) is 9.47 Å². The molecule has 5 rings (SSSR count). The number of hydrogen-bond donors (Lipinski definition) is 3. The minimum absolute atomic E-state index is 0.120. The number of benzene rings is 2. The Morgan fingerprint density at radius 1 is 1.05 bits per heavy atom. The van der Waals surface area contributed by atoms with Gasteiger partial charge in [0.15, 0.2) is 16.7 Å². The quantitative estimate of drug-likeness (QED) is 0.299. The van der Waals surface area contributed by atoms with Crippen molar-refractivity contribution >= 4 is 17.7 Å². The zero-order chi connectivity index (χ0) is 25.9. The van der Waals surface area contributed by atoms with Crippen molar-refractivity contribution in [2.45, 2.75) is 32.0 Å². The first-order valence-corrected chi connectivity index (χ1v) is 12.5. The molecule has 2 aromatic heterocycles. The monoisotopic (exact) mass is 520 g/mol. The topological polar surface area (TPSA) is 144 Å². The summed E-state index contributed by atoms with van der Waals surface area (Å²) in [7, 11) is 0. The van der Waals surface area contributed by atoms with Gasteiger partial charge in [0.2, 0.25) is 12.7 Å². The van der Waals surface area contributed by atoms with Gasteiger partial charge in [-0.1, -0.05) is 30.0 Å². The van der Waals surface area contributed by atoms with Gasteiger partial charge in [-0.25, -0.2) is 4.79 Å². The molecular formula is C25H24N6O5S. The molecule has 1 aliphatic heterocycles. The molecular weight excluding hydrogens is 496 g/mol. The molecule has 0 fully saturated rings. The Hall–Kier alpha value is -4.32. The molecule has 1 amide bonds. The molecule has 0 atom stereocenters. The van der Waals surface area contributed by atoms with Crippen molar-refractivity contribution in [2.24, 2.45) is 0 Å². The first kappa shape index (κ1) is 24.4. The van der Waals surface area contributed by atoms with E-state index in [9.17, 15) is 14.4 Å². The fraction of sp³-hybridized carbons (Fsp3) is 0.240. The summed E-state index contributed by atoms with van der Waals surface area (Å²) >= 11 is 1.25. The van der Waals surface area contributed by atoms with Gasteiger partial charge in [-0.3, -0.25) is 19.1 Å². The number of aromatic amines is 2. The number of rotatable bonds is 8. The van der Waals surface area contributed by atoms with Crippen molar-refractivity contribution in [3.8, 4) is 17.2 Å². The van der Waals surface area contributed by atoms with E-state index in [1.807, 2.05) is 54.8 Å². The van der Waals surface area contributed by atoms with Gasteiger partial charge in [-0.05, 0) is 48.7 Å². The Kier molecular flexibility index (Phi) is 6.82. The van der Waals surface area contributed by atoms with Gasteiger partial charge >= 0.3 is 5.69 Å². The summed E-state index contributed by atoms with van der Waals surface area (Å²) in [6, 6.07) is 12.9. The normalized spacial score (nSPS) is 12.1. The van der Waals surface area contributed by atoms with Crippen LogP contribution in [-0.2, 0) is 17.8 Å². The van der Waals surface area contributed by atoms with Gasteiger partial charge in [0.25, 0.3) is 5.56 Å². The maximum Gasteiger partial charge on any atom is 0.325 e. The van der Waals surface area contributed by atoms with Crippen molar-refractivity contribution in [2.75, 3.05) is 12.5 Å². The fourth-order valence-corrected chi connectivity index (χ4v) is 4.72. The molecule has 3 heterocycles. The Balaban J connectivity index is 1.34. The predicted molar refractivity (Wildman–Crippen MR) is 136 cm³/mol. The van der Waals surface area contributed by atoms with E-state index in [-0.39, 0.29) is 24.9 Å². The van der Waals surface area contributed by atoms with Gasteiger partial charge in [0.1, 0.15) is 5.82 Å². The molecule has 37 heavy (non-hydrogen) atoms. The van der Waals surface area contributed by atoms with Crippen molar-refractivity contribution in [1.29, 1.82) is 0 Å². The average molecular weight is 521 g/mol. The molecule has 0 saturated heterocycles. The van der Waals surface area contributed by atoms with E-state index in [0.717, 1.165) is 22.4 Å². The molecule has 0 unspecified atom stereocenters. The second-order valence-electron chi connectivity index (χ2n) is 8.57. The van der Waals surface area contributed by atoms with Crippen LogP contribution in [0.4, 0.5) is 0 Å². The third-order valence-electron chi connectivity index (χ3n) is 5.73. The van der Waals surface area contributed by atoms with Crippen LogP contribution in [0.25, 0.3) is 5.69 Å². The summed E-state index contributed by atoms with van der Waals surface area (Å²) < 4.78 is 12.6. The molecule has 2 aromatic carbocycles. The zero-order valence-electron chi connectivity index (χ0n) is 20.2. The van der Waals surface area contributed by atoms with Crippen LogP contribution in [0.3, 0.4) is 0 Å². The summed E-state index contributed by atoms with van der Waals surface area (Å²) in [6.07, 6.45) is 0.177. The highest BCUT2D eigenvalue weighted by Crippen LogP contribution is 2.32. The van der Waals surface area contributed by atoms with Gasteiger partial charge < -0.3 is 19.8 Å². The van der Waals surface area contributed by atoms with Crippen LogP contribution in [0.15, 0.2) is 57.2 Å². The van der Waals surface area contributed by atoms with E-state index < -0.39 is 11.2 Å². The van der Waals surface area contributed by atoms with Crippen LogP contribution in [0.5, 0.6) is 11.5 Å². The number of amides is 1. The number of carbonyl (C=O) groups is 1. The minimum Gasteiger partial charge on any atom is -0.454 e. The van der Waals surface area contributed by atoms with Crippen molar-refractivity contribution < 1.29 is 14.3 Å². The maximum atomic E-state index is 12.6. The smallest absolute Gasteiger partial charge is 0.325 e. The first-order chi connectivity index (χ1) is 17.9. The Morgan fingerprint density at radius 3 is 2.73 bits per heavy atom. The SMILES string of the molecule is Cc1ccc(C)c(-n2c(Cc3cc(=O)[nH]c(=O)[nH]3)nnc2SCC(=O)NCc2ccc3c(c2)OCO3)c1. The van der Waals surface area contributed by atoms with E-state index in [1.165, 1.54) is 17.8 Å². The van der Waals surface area contributed by atoms with Crippen LogP contribution in [0.1, 0.15) is 28.2 Å². The zero-order valence-corrected chi connectivity index (χ0v) is 21.0. The van der Waals surface area contributed by atoms with Crippen molar-refractivity contribution in [3.63, 3.8) is 0 Å². The molecule has 0 spiro atoms. The Morgan fingerprint density at radius 2 is 1.89 bits per heavy atom. The largest absolute Gasteiger partial charge is 0.454 e. The van der Waals surface area contributed by atoms with Crippen LogP contribution in [0, 0.1) is 13.8 Å². The number of fused-ring (bicyclic) bond motifs is 1. The first-order valence-electron chi connectivity index (χ1n) is 11.5. The fourth-order valence-electron chi connectivity index (χ4n) is 3.93. The second-order valence-corrected chi connectivity index (χ2v) is 9.51. The predicted octanol–water partition coefficient (Wildman–Crippen LogP) is 1.99. The molecule has 12 heteroatoms. The van der Waals surface area contributed by atoms with Gasteiger partial charge in [-0.2, -0.15) is 0 Å². The third kappa shape index (κ3) is 5.59. The van der Waals surface area contributed by atoms with E-state index in [2.05, 4.69) is 25.5 Å². The molecule has 11 nitrogen and oxygen atoms in total. The minimum atomic E-state index is -0.589. The summed E-state index contributed by atoms with van der Waals surface area (Å²) in [5.74, 6) is 1.83. The lowest BCUT2D eigenvalue weighted by atomic mass is 10.1. The summed E-state index contributed by atoms with van der Waals surface area (Å²) in [5.41, 5.74) is 3.11. The highest BCUT2D eigenvalue weighted by molar-refractivity contribution is 7.99. The van der Waals surface area contributed by atoms with Crippen molar-refractivity contribution in [3.05, 3.63) is 91.5 Å². The number of ether oxygens (including phenoxy) is 2. The molecule has 4 aromatic rings. The number of aryl methyl sites for hydroxylation is 2. The van der Waals surface area contributed by atoms with Crippen LogP contribution in [-0.4, -0.2) is 43.2 Å². The lowest BCUT2D eigenvalue weighted by molar-refractivity contribution is -0.118. The van der Waals surface area contributed by atoms with Gasteiger partial charge in [-0.15, -0.1) is 10.2 Å². The summed E-state index contributed by atoms with van der Waals surface area (Å²) in [5, 5.41) is 12.1. The van der Waals surface area contributed by atoms with Gasteiger partial charge in [0.05, 0.1) is 11.4 Å². The average Bonchev–Trinajstić information content (AvgIpc) is 3.48. The number of aromatic nitrogens is 5. The van der Waals surface area contributed by atoms with E-state index in [1.54, 1.807) is 0 Å². The molecule has 3 N–H and O–H groups in total. The molecule has 190 valence electrons. The molecule has 0 aliphatic carbocycles. The Labute approximate surface area is 215 Å². The maximum absolute atomic E-state index is 12.6. The van der Waals surface area contributed by atoms with Crippen LogP contribution < -0.4 is 26.0 Å². The lowest BCUT2D eigenvalue weighted by Crippen LogP contribution is -2.24. The lowest BCUT2D eigenvalue weighted by Gasteiger charge is -2.14. The number of thioether (sulfide) groups is 1. The molecule has 0 radical (unpaired) electrons. The molecule has 0 bridgehead atoms. The van der Waals surface area contributed by atoms with Gasteiger partial charge in [0, 0.05) is 24.7 Å². The number of nitrogens with zero attached hydrogens (tertiary/aromatic N) is 3. The standard InChI is InChI=1S/C25H24N6O5S/c1-14-3-4-15(2)18(7-14)31-21(9-17-10-22(32)28-24(34)27-17)29-30-25(31)37-12-23(33)26-11-16-5-6-19-20(8-16)36-13-35-19/h3-8,10H,9,11-13H2,1-2H3,(H,26,33)(H2,27,28,32,34). The van der Waals surface area contributed by atoms with E-state index in [0.29, 0.717) is 34.7 Å². The molecule has 1 aliphatic rings. The second kappa shape index (κ2) is 10.3. The Bertz CT molecular complexity index is 1560. The number of hydrogen-bond acceptors (Lipinski definition) is 8. The highest BCUT2D eigenvalue weighted by atomic mass is 32.2. The summed E-state index contributed by atoms with van der Waals surface area (Å²) in [6.45, 7) is 4.50. The van der Waals surface area contributed by atoms with Crippen LogP contribution >= 0.6 is 11.8 Å². The highest BCUT2D eigenvalue weighted by Gasteiger charge is 2.19. The van der Waals surface area contributed by atoms with Crippen LogP contribution in [0.2, 0.25) is 0 Å². The number of H-pyrrole nitrogens is 2. The van der Waals surface area contributed by atoms with E-state index >= 15 is 0 Å².